The molecule has 0 aromatic rings. The molecule has 2 aliphatic heterocycles. The van der Waals surface area contributed by atoms with Crippen LogP contribution in [-0.4, -0.2) is 67.1 Å². The summed E-state index contributed by atoms with van der Waals surface area (Å²) in [6.07, 6.45) is 0.851. The zero-order valence-corrected chi connectivity index (χ0v) is 12.6. The van der Waals surface area contributed by atoms with Crippen molar-refractivity contribution in [1.82, 2.24) is 10.2 Å². The SMILES string of the molecule is CC1CN(C(=O)NCC2(C(=O)O)CCOCC2)CC(C)O1. The number of rotatable bonds is 3. The Morgan fingerprint density at radius 3 is 2.33 bits per heavy atom. The molecule has 0 aromatic heterocycles. The van der Waals surface area contributed by atoms with Crippen molar-refractivity contribution < 1.29 is 24.2 Å². The largest absolute Gasteiger partial charge is 0.481 e. The molecule has 0 aliphatic carbocycles. The first-order valence-electron chi connectivity index (χ1n) is 7.42. The van der Waals surface area contributed by atoms with Crippen LogP contribution in [0.5, 0.6) is 0 Å². The summed E-state index contributed by atoms with van der Waals surface area (Å²) in [5.41, 5.74) is -0.905. The Balaban J connectivity index is 1.91. The van der Waals surface area contributed by atoms with Crippen LogP contribution in [0.3, 0.4) is 0 Å². The Labute approximate surface area is 124 Å². The zero-order valence-electron chi connectivity index (χ0n) is 12.6. The number of nitrogens with one attached hydrogen (secondary N) is 1. The number of aliphatic carboxylic acids is 1. The predicted octanol–water partition coefficient (Wildman–Crippen LogP) is 0.687. The Morgan fingerprint density at radius 2 is 1.81 bits per heavy atom. The summed E-state index contributed by atoms with van der Waals surface area (Å²) in [6, 6.07) is -0.218. The summed E-state index contributed by atoms with van der Waals surface area (Å²) in [6.45, 7) is 5.89. The van der Waals surface area contributed by atoms with Crippen molar-refractivity contribution in [3.8, 4) is 0 Å². The van der Waals surface area contributed by atoms with Gasteiger partial charge in [-0.3, -0.25) is 4.79 Å². The maximum Gasteiger partial charge on any atom is 0.317 e. The Kier molecular flexibility index (Phi) is 5.05. The second-order valence-corrected chi connectivity index (χ2v) is 6.02. The third kappa shape index (κ3) is 3.85. The molecule has 2 heterocycles. The highest BCUT2D eigenvalue weighted by molar-refractivity contribution is 5.78. The summed E-state index contributed by atoms with van der Waals surface area (Å²) in [5, 5.41) is 12.2. The Morgan fingerprint density at radius 1 is 1.24 bits per heavy atom. The summed E-state index contributed by atoms with van der Waals surface area (Å²) in [4.78, 5) is 25.4. The lowest BCUT2D eigenvalue weighted by Gasteiger charge is -2.37. The van der Waals surface area contributed by atoms with Crippen LogP contribution < -0.4 is 5.32 Å². The number of carbonyl (C=O) groups is 2. The Bertz CT molecular complexity index is 385. The number of urea groups is 1. The highest BCUT2D eigenvalue weighted by Gasteiger charge is 2.41. The van der Waals surface area contributed by atoms with Gasteiger partial charge >= 0.3 is 12.0 Å². The molecule has 2 unspecified atom stereocenters. The quantitative estimate of drug-likeness (QED) is 0.800. The van der Waals surface area contributed by atoms with Crippen LogP contribution in [0.2, 0.25) is 0 Å². The average Bonchev–Trinajstić information content (AvgIpc) is 2.44. The maximum absolute atomic E-state index is 12.2. The van der Waals surface area contributed by atoms with E-state index in [4.69, 9.17) is 9.47 Å². The molecule has 0 spiro atoms. The van der Waals surface area contributed by atoms with Crippen LogP contribution in [-0.2, 0) is 14.3 Å². The van der Waals surface area contributed by atoms with Gasteiger partial charge in [0.05, 0.1) is 17.6 Å². The van der Waals surface area contributed by atoms with Crippen molar-refractivity contribution in [3.05, 3.63) is 0 Å². The van der Waals surface area contributed by atoms with Crippen LogP contribution in [0.25, 0.3) is 0 Å². The van der Waals surface area contributed by atoms with Crippen molar-refractivity contribution in [2.75, 3.05) is 32.8 Å². The molecule has 0 radical (unpaired) electrons. The van der Waals surface area contributed by atoms with Gasteiger partial charge in [-0.1, -0.05) is 0 Å². The molecule has 120 valence electrons. The lowest BCUT2D eigenvalue weighted by Crippen LogP contribution is -2.54. The fourth-order valence-corrected chi connectivity index (χ4v) is 2.93. The molecule has 2 amide bonds. The second kappa shape index (κ2) is 6.62. The molecule has 7 heteroatoms. The van der Waals surface area contributed by atoms with E-state index >= 15 is 0 Å². The summed E-state index contributed by atoms with van der Waals surface area (Å²) in [7, 11) is 0. The zero-order chi connectivity index (χ0) is 15.5. The van der Waals surface area contributed by atoms with Crippen molar-refractivity contribution in [2.24, 2.45) is 5.41 Å². The first-order valence-corrected chi connectivity index (χ1v) is 7.42. The third-order valence-corrected chi connectivity index (χ3v) is 4.19. The van der Waals surface area contributed by atoms with Gasteiger partial charge in [0.2, 0.25) is 0 Å². The third-order valence-electron chi connectivity index (χ3n) is 4.19. The monoisotopic (exact) mass is 300 g/mol. The lowest BCUT2D eigenvalue weighted by molar-refractivity contribution is -0.154. The minimum Gasteiger partial charge on any atom is -0.481 e. The molecular formula is C14H24N2O5. The van der Waals surface area contributed by atoms with E-state index in [1.807, 2.05) is 13.8 Å². The van der Waals surface area contributed by atoms with E-state index < -0.39 is 11.4 Å². The molecule has 0 aromatic carbocycles. The highest BCUT2D eigenvalue weighted by Crippen LogP contribution is 2.30. The molecule has 0 saturated carbocycles. The summed E-state index contributed by atoms with van der Waals surface area (Å²) < 4.78 is 10.8. The van der Waals surface area contributed by atoms with Gasteiger partial charge in [-0.05, 0) is 26.7 Å². The minimum atomic E-state index is -0.905. The van der Waals surface area contributed by atoms with Crippen LogP contribution in [0.4, 0.5) is 4.79 Å². The topological polar surface area (TPSA) is 88.1 Å². The first kappa shape index (κ1) is 16.0. The average molecular weight is 300 g/mol. The van der Waals surface area contributed by atoms with Gasteiger partial charge in [0.15, 0.2) is 0 Å². The van der Waals surface area contributed by atoms with Gasteiger partial charge in [0, 0.05) is 32.8 Å². The molecule has 0 bridgehead atoms. The molecule has 2 fully saturated rings. The number of amides is 2. The predicted molar refractivity (Wildman–Crippen MR) is 75.1 cm³/mol. The van der Waals surface area contributed by atoms with Crippen LogP contribution >= 0.6 is 0 Å². The van der Waals surface area contributed by atoms with E-state index in [0.717, 1.165) is 0 Å². The molecule has 21 heavy (non-hydrogen) atoms. The van der Waals surface area contributed by atoms with Crippen molar-refractivity contribution in [2.45, 2.75) is 38.9 Å². The van der Waals surface area contributed by atoms with Crippen molar-refractivity contribution in [1.29, 1.82) is 0 Å². The smallest absolute Gasteiger partial charge is 0.317 e. The first-order chi connectivity index (χ1) is 9.93. The van der Waals surface area contributed by atoms with E-state index in [1.54, 1.807) is 4.90 Å². The normalized spacial score (nSPS) is 29.0. The highest BCUT2D eigenvalue weighted by atomic mass is 16.5. The fraction of sp³-hybridized carbons (Fsp3) is 0.857. The van der Waals surface area contributed by atoms with Crippen LogP contribution in [0.1, 0.15) is 26.7 Å². The lowest BCUT2D eigenvalue weighted by atomic mass is 9.80. The van der Waals surface area contributed by atoms with Gasteiger partial charge in [-0.15, -0.1) is 0 Å². The number of ether oxygens (including phenoxy) is 2. The minimum absolute atomic E-state index is 0.00369. The number of nitrogens with zero attached hydrogens (tertiary/aromatic N) is 1. The summed E-state index contributed by atoms with van der Waals surface area (Å²) >= 11 is 0. The molecule has 2 aliphatic rings. The number of carboxylic acids is 1. The molecule has 2 N–H and O–H groups in total. The maximum atomic E-state index is 12.2. The number of hydrogen-bond donors (Lipinski definition) is 2. The van der Waals surface area contributed by atoms with Crippen molar-refractivity contribution in [3.63, 3.8) is 0 Å². The van der Waals surface area contributed by atoms with E-state index in [1.165, 1.54) is 0 Å². The van der Waals surface area contributed by atoms with Crippen LogP contribution in [0, 0.1) is 5.41 Å². The van der Waals surface area contributed by atoms with Gasteiger partial charge in [-0.2, -0.15) is 0 Å². The number of carboxylic acid groups (broad SMARTS) is 1. The molecule has 2 atom stereocenters. The number of hydrogen-bond acceptors (Lipinski definition) is 4. The van der Waals surface area contributed by atoms with E-state index in [-0.39, 0.29) is 24.8 Å². The number of carbonyl (C=O) groups excluding carboxylic acids is 1. The van der Waals surface area contributed by atoms with Crippen LogP contribution in [0.15, 0.2) is 0 Å². The van der Waals surface area contributed by atoms with E-state index in [0.29, 0.717) is 39.1 Å². The molecular weight excluding hydrogens is 276 g/mol. The van der Waals surface area contributed by atoms with Gasteiger partial charge in [0.1, 0.15) is 0 Å². The Hall–Kier alpha value is -1.34. The standard InChI is InChI=1S/C14H24N2O5/c1-10-7-16(8-11(2)21-10)13(19)15-9-14(12(17)18)3-5-20-6-4-14/h10-11H,3-9H2,1-2H3,(H,15,19)(H,17,18). The van der Waals surface area contributed by atoms with Crippen molar-refractivity contribution >= 4 is 12.0 Å². The molecule has 2 rings (SSSR count). The van der Waals surface area contributed by atoms with Gasteiger partial charge in [-0.25, -0.2) is 4.79 Å². The van der Waals surface area contributed by atoms with E-state index in [2.05, 4.69) is 5.32 Å². The summed E-state index contributed by atoms with van der Waals surface area (Å²) in [5.74, 6) is -0.866. The van der Waals surface area contributed by atoms with Gasteiger partial charge < -0.3 is 24.8 Å². The molecule has 2 saturated heterocycles. The number of morpholine rings is 1. The van der Waals surface area contributed by atoms with Gasteiger partial charge in [0.25, 0.3) is 0 Å². The fourth-order valence-electron chi connectivity index (χ4n) is 2.93. The second-order valence-electron chi connectivity index (χ2n) is 6.02. The molecule has 7 nitrogen and oxygen atoms in total. The van der Waals surface area contributed by atoms with E-state index in [9.17, 15) is 14.7 Å².